The van der Waals surface area contributed by atoms with Crippen LogP contribution in [0, 0.1) is 47.4 Å². The van der Waals surface area contributed by atoms with Crippen LogP contribution in [-0.4, -0.2) is 5.97 Å². The van der Waals surface area contributed by atoms with Gasteiger partial charge in [0.1, 0.15) is 6.61 Å². The summed E-state index contributed by atoms with van der Waals surface area (Å²) in [6.07, 6.45) is 1.04. The molecule has 0 bridgehead atoms. The van der Waals surface area contributed by atoms with Gasteiger partial charge in [-0.2, -0.15) is 4.39 Å². The molecule has 0 saturated heterocycles. The molecule has 1 saturated carbocycles. The Hall–Kier alpha value is -1.63. The van der Waals surface area contributed by atoms with Gasteiger partial charge in [-0.1, -0.05) is 25.4 Å². The van der Waals surface area contributed by atoms with Crippen molar-refractivity contribution in [3.05, 3.63) is 45.8 Å². The van der Waals surface area contributed by atoms with Crippen LogP contribution in [0.15, 0.2) is 11.4 Å². The Morgan fingerprint density at radius 1 is 1.17 bits per heavy atom. The highest BCUT2D eigenvalue weighted by Gasteiger charge is 2.61. The van der Waals surface area contributed by atoms with Gasteiger partial charge < -0.3 is 4.74 Å². The fraction of sp³-hybridized carbons (Fsp3) is 0.438. The molecule has 0 unspecified atom stereocenters. The molecule has 0 heterocycles. The second-order valence-electron chi connectivity index (χ2n) is 6.25. The molecule has 24 heavy (non-hydrogen) atoms. The molecule has 2 rings (SSSR count). The first kappa shape index (κ1) is 18.7. The summed E-state index contributed by atoms with van der Waals surface area (Å²) in [6, 6.07) is 0. The van der Waals surface area contributed by atoms with Crippen molar-refractivity contribution in [3.8, 4) is 0 Å². The van der Waals surface area contributed by atoms with Gasteiger partial charge in [0.05, 0.1) is 11.5 Å². The summed E-state index contributed by atoms with van der Waals surface area (Å²) in [5.41, 5.74) is -2.46. The average Bonchev–Trinajstić information content (AvgIpc) is 3.02. The van der Waals surface area contributed by atoms with Crippen molar-refractivity contribution in [2.24, 2.45) is 17.3 Å². The zero-order valence-electron chi connectivity index (χ0n) is 13.0. The maximum absolute atomic E-state index is 13.7. The predicted octanol–water partition coefficient (Wildman–Crippen LogP) is 4.92. The molecule has 1 fully saturated rings. The summed E-state index contributed by atoms with van der Waals surface area (Å²) in [5, 5.41) is -0.983. The summed E-state index contributed by atoms with van der Waals surface area (Å²) in [5.74, 6) is -8.49. The molecule has 2 atom stereocenters. The average molecular weight is 369 g/mol. The van der Waals surface area contributed by atoms with E-state index >= 15 is 0 Å². The predicted molar refractivity (Wildman–Crippen MR) is 76.6 cm³/mol. The van der Waals surface area contributed by atoms with Gasteiger partial charge in [-0.05, 0) is 18.4 Å². The third-order valence-corrected chi connectivity index (χ3v) is 4.53. The van der Waals surface area contributed by atoms with Crippen molar-refractivity contribution in [3.63, 3.8) is 0 Å². The topological polar surface area (TPSA) is 26.3 Å². The Bertz CT molecular complexity index is 697. The summed E-state index contributed by atoms with van der Waals surface area (Å²) >= 11 is 5.13. The van der Waals surface area contributed by atoms with E-state index in [0.717, 1.165) is 13.0 Å². The SMILES string of the molecule is Cc1c(F)c(F)c(COC(=O)[C@@H]2[C@@H](C=C(F)Cl)C2(C)C)c(F)c1F. The first-order valence-electron chi connectivity index (χ1n) is 7.01. The number of esters is 1. The summed E-state index contributed by atoms with van der Waals surface area (Å²) < 4.78 is 71.9. The normalized spacial score (nSPS) is 22.5. The molecule has 0 radical (unpaired) electrons. The number of hydrogen-bond acceptors (Lipinski definition) is 2. The van der Waals surface area contributed by atoms with Crippen LogP contribution in [0.1, 0.15) is 25.0 Å². The third-order valence-electron chi connectivity index (χ3n) is 4.40. The minimum atomic E-state index is -1.61. The van der Waals surface area contributed by atoms with Gasteiger partial charge in [-0.25, -0.2) is 17.6 Å². The van der Waals surface area contributed by atoms with Gasteiger partial charge in [-0.3, -0.25) is 4.79 Å². The lowest BCUT2D eigenvalue weighted by Gasteiger charge is -2.10. The minimum Gasteiger partial charge on any atom is -0.460 e. The smallest absolute Gasteiger partial charge is 0.310 e. The zero-order chi connectivity index (χ0) is 18.4. The van der Waals surface area contributed by atoms with Crippen molar-refractivity contribution in [2.75, 3.05) is 0 Å². The van der Waals surface area contributed by atoms with Crippen LogP contribution in [-0.2, 0) is 16.1 Å². The van der Waals surface area contributed by atoms with Gasteiger partial charge in [0.15, 0.2) is 28.6 Å². The van der Waals surface area contributed by atoms with Crippen LogP contribution >= 0.6 is 11.6 Å². The Kier molecular flexibility index (Phi) is 4.95. The second kappa shape index (κ2) is 6.35. The van der Waals surface area contributed by atoms with E-state index in [-0.39, 0.29) is 0 Å². The maximum atomic E-state index is 13.7. The molecule has 2 nitrogen and oxygen atoms in total. The molecule has 0 aliphatic heterocycles. The van der Waals surface area contributed by atoms with Crippen LogP contribution in [0.25, 0.3) is 0 Å². The standard InChI is InChI=1S/C16H14ClF5O2/c1-6-11(19)13(21)7(14(22)12(6)20)5-24-15(23)10-8(4-9(17)18)16(10,2)3/h4,8,10H,5H2,1-3H3/t8-,10+/m1/s1. The highest BCUT2D eigenvalue weighted by atomic mass is 35.5. The fourth-order valence-electron chi connectivity index (χ4n) is 2.72. The number of rotatable bonds is 4. The number of benzene rings is 1. The number of carbonyl (C=O) groups excluding carboxylic acids is 1. The number of halogens is 6. The highest BCUT2D eigenvalue weighted by molar-refractivity contribution is 6.28. The first-order valence-corrected chi connectivity index (χ1v) is 7.38. The summed E-state index contributed by atoms with van der Waals surface area (Å²) in [6.45, 7) is 3.23. The van der Waals surface area contributed by atoms with Gasteiger partial charge in [0.2, 0.25) is 0 Å². The summed E-state index contributed by atoms with van der Waals surface area (Å²) in [4.78, 5) is 12.0. The molecular weight excluding hydrogens is 355 g/mol. The van der Waals surface area contributed by atoms with Crippen LogP contribution < -0.4 is 0 Å². The van der Waals surface area contributed by atoms with E-state index in [4.69, 9.17) is 16.3 Å². The van der Waals surface area contributed by atoms with Crippen molar-refractivity contribution < 1.29 is 31.5 Å². The Morgan fingerprint density at radius 3 is 2.12 bits per heavy atom. The molecule has 1 aromatic carbocycles. The van der Waals surface area contributed by atoms with E-state index in [0.29, 0.717) is 0 Å². The summed E-state index contributed by atoms with van der Waals surface area (Å²) in [7, 11) is 0. The monoisotopic (exact) mass is 368 g/mol. The highest BCUT2D eigenvalue weighted by Crippen LogP contribution is 2.60. The number of carbonyl (C=O) groups is 1. The minimum absolute atomic E-state index is 0.538. The van der Waals surface area contributed by atoms with E-state index in [1.54, 1.807) is 13.8 Å². The molecule has 132 valence electrons. The van der Waals surface area contributed by atoms with E-state index in [1.807, 2.05) is 0 Å². The second-order valence-corrected chi connectivity index (χ2v) is 6.61. The van der Waals surface area contributed by atoms with Gasteiger partial charge in [0, 0.05) is 11.5 Å². The maximum Gasteiger partial charge on any atom is 0.310 e. The van der Waals surface area contributed by atoms with Gasteiger partial charge in [0.25, 0.3) is 0 Å². The lowest BCUT2D eigenvalue weighted by Crippen LogP contribution is -2.14. The molecule has 0 N–H and O–H groups in total. The Balaban J connectivity index is 2.16. The van der Waals surface area contributed by atoms with Crippen molar-refractivity contribution in [1.82, 2.24) is 0 Å². The number of hydrogen-bond donors (Lipinski definition) is 0. The number of ether oxygens (including phenoxy) is 1. The molecule has 1 aliphatic carbocycles. The lowest BCUT2D eigenvalue weighted by molar-refractivity contribution is -0.147. The van der Waals surface area contributed by atoms with Gasteiger partial charge >= 0.3 is 5.97 Å². The van der Waals surface area contributed by atoms with Crippen LogP contribution in [0.3, 0.4) is 0 Å². The number of allylic oxidation sites excluding steroid dienone is 1. The largest absolute Gasteiger partial charge is 0.460 e. The van der Waals surface area contributed by atoms with Gasteiger partial charge in [-0.15, -0.1) is 0 Å². The molecule has 1 aromatic rings. The van der Waals surface area contributed by atoms with Crippen molar-refractivity contribution in [1.29, 1.82) is 0 Å². The van der Waals surface area contributed by atoms with Crippen molar-refractivity contribution >= 4 is 17.6 Å². The van der Waals surface area contributed by atoms with E-state index in [9.17, 15) is 26.7 Å². The van der Waals surface area contributed by atoms with E-state index in [1.165, 1.54) is 0 Å². The Morgan fingerprint density at radius 2 is 1.67 bits per heavy atom. The molecule has 0 amide bonds. The van der Waals surface area contributed by atoms with Crippen LogP contribution in [0.5, 0.6) is 0 Å². The molecule has 8 heteroatoms. The van der Waals surface area contributed by atoms with E-state index in [2.05, 4.69) is 0 Å². The first-order chi connectivity index (χ1) is 11.0. The molecule has 1 aliphatic rings. The Labute approximate surface area is 140 Å². The lowest BCUT2D eigenvalue weighted by atomic mass is 10.1. The molecular formula is C16H14ClF5O2. The van der Waals surface area contributed by atoms with E-state index < -0.39 is 69.5 Å². The third kappa shape index (κ3) is 3.14. The van der Waals surface area contributed by atoms with Crippen LogP contribution in [0.4, 0.5) is 22.0 Å². The fourth-order valence-corrected chi connectivity index (χ4v) is 2.86. The van der Waals surface area contributed by atoms with Crippen molar-refractivity contribution in [2.45, 2.75) is 27.4 Å². The molecule has 0 spiro atoms. The van der Waals surface area contributed by atoms with Crippen LogP contribution in [0.2, 0.25) is 0 Å². The zero-order valence-corrected chi connectivity index (χ0v) is 13.8. The quantitative estimate of drug-likeness (QED) is 0.428. The molecule has 0 aromatic heterocycles.